The molecule has 202 valence electrons. The second-order valence-electron chi connectivity index (χ2n) is 11.4. The summed E-state index contributed by atoms with van der Waals surface area (Å²) in [6.07, 6.45) is 1.77. The van der Waals surface area contributed by atoms with Crippen molar-refractivity contribution < 1.29 is 9.53 Å². The fourth-order valence-corrected chi connectivity index (χ4v) is 5.30. The van der Waals surface area contributed by atoms with Crippen LogP contribution in [0.25, 0.3) is 5.70 Å². The van der Waals surface area contributed by atoms with Crippen molar-refractivity contribution in [1.29, 1.82) is 5.26 Å². The van der Waals surface area contributed by atoms with Crippen LogP contribution in [0.15, 0.2) is 43.0 Å². The third kappa shape index (κ3) is 6.42. The Labute approximate surface area is 227 Å². The number of nitrogens with one attached hydrogen (secondary N) is 1. The van der Waals surface area contributed by atoms with E-state index >= 15 is 0 Å². The summed E-state index contributed by atoms with van der Waals surface area (Å²) in [5.74, 6) is 0. The summed E-state index contributed by atoms with van der Waals surface area (Å²) in [5, 5.41) is 13.3. The molecule has 0 aliphatic carbocycles. The Morgan fingerprint density at radius 2 is 1.63 bits per heavy atom. The zero-order chi connectivity index (χ0) is 27.4. The van der Waals surface area contributed by atoms with Crippen LogP contribution >= 0.6 is 0 Å². The molecule has 0 unspecified atom stereocenters. The first-order chi connectivity index (χ1) is 18.1. The van der Waals surface area contributed by atoms with Crippen molar-refractivity contribution in [2.75, 3.05) is 49.5 Å². The Hall–Kier alpha value is -3.66. The Bertz CT molecular complexity index is 1210. The SMILES string of the molecule is C=C(c1cc(NC2CCN(c3ccccc3C#N)CC2)c(C)cc1C)N1CCN(C(=O)OC(C)(C)C)CC1. The van der Waals surface area contributed by atoms with Gasteiger partial charge in [0.05, 0.1) is 11.3 Å². The lowest BCUT2D eigenvalue weighted by atomic mass is 9.98. The van der Waals surface area contributed by atoms with E-state index in [0.29, 0.717) is 19.1 Å². The molecule has 0 atom stereocenters. The number of carbonyl (C=O) groups excluding carboxylic acids is 1. The number of para-hydroxylation sites is 1. The molecule has 38 heavy (non-hydrogen) atoms. The van der Waals surface area contributed by atoms with Gasteiger partial charge in [0, 0.05) is 62.3 Å². The highest BCUT2D eigenvalue weighted by Crippen LogP contribution is 2.31. The topological polar surface area (TPSA) is 71.8 Å². The number of rotatable bonds is 5. The minimum Gasteiger partial charge on any atom is -0.444 e. The number of ether oxygens (including phenoxy) is 1. The standard InChI is InChI=1S/C31H41N5O2/c1-22-19-23(2)28(33-26-11-13-35(14-12-26)29-10-8-7-9-25(29)21-32)20-27(22)24(3)34-15-17-36(18-16-34)30(37)38-31(4,5)6/h7-10,19-20,26,33H,3,11-18H2,1-2,4-6H3. The lowest BCUT2D eigenvalue weighted by molar-refractivity contribution is 0.0182. The molecule has 7 nitrogen and oxygen atoms in total. The van der Waals surface area contributed by atoms with E-state index in [9.17, 15) is 10.1 Å². The molecule has 1 amide bonds. The molecule has 2 heterocycles. The van der Waals surface area contributed by atoms with Crippen LogP contribution in [0.1, 0.15) is 55.9 Å². The predicted molar refractivity (Wildman–Crippen MR) is 154 cm³/mol. The Morgan fingerprint density at radius 3 is 2.26 bits per heavy atom. The van der Waals surface area contributed by atoms with Gasteiger partial charge in [-0.3, -0.25) is 0 Å². The normalized spacial score (nSPS) is 16.7. The van der Waals surface area contributed by atoms with Crippen LogP contribution < -0.4 is 10.2 Å². The number of piperidine rings is 1. The lowest BCUT2D eigenvalue weighted by Crippen LogP contribution is -2.49. The fraction of sp³-hybridized carbons (Fsp3) is 0.484. The van der Waals surface area contributed by atoms with Gasteiger partial charge < -0.3 is 24.8 Å². The fourth-order valence-electron chi connectivity index (χ4n) is 5.30. The van der Waals surface area contributed by atoms with Crippen molar-refractivity contribution in [2.45, 2.75) is 59.1 Å². The molecule has 0 radical (unpaired) electrons. The number of piperazine rings is 1. The van der Waals surface area contributed by atoms with Gasteiger partial charge in [-0.2, -0.15) is 5.26 Å². The number of benzene rings is 2. The molecule has 0 bridgehead atoms. The van der Waals surface area contributed by atoms with Gasteiger partial charge in [0.1, 0.15) is 11.7 Å². The smallest absolute Gasteiger partial charge is 0.410 e. The molecule has 2 aromatic rings. The van der Waals surface area contributed by atoms with Gasteiger partial charge in [0.15, 0.2) is 0 Å². The average Bonchev–Trinajstić information content (AvgIpc) is 2.89. The number of anilines is 2. The van der Waals surface area contributed by atoms with Crippen LogP contribution in [0, 0.1) is 25.2 Å². The Balaban J connectivity index is 1.37. The number of nitrogens with zero attached hydrogens (tertiary/aromatic N) is 4. The van der Waals surface area contributed by atoms with Gasteiger partial charge in [0.25, 0.3) is 0 Å². The lowest BCUT2D eigenvalue weighted by Gasteiger charge is -2.38. The maximum absolute atomic E-state index is 12.5. The molecule has 2 aliphatic heterocycles. The van der Waals surface area contributed by atoms with Crippen LogP contribution in [0.2, 0.25) is 0 Å². The van der Waals surface area contributed by atoms with Gasteiger partial charge in [-0.1, -0.05) is 24.8 Å². The van der Waals surface area contributed by atoms with E-state index in [1.54, 1.807) is 4.90 Å². The molecule has 2 aliphatic rings. The summed E-state index contributed by atoms with van der Waals surface area (Å²) in [7, 11) is 0. The first kappa shape index (κ1) is 27.4. The van der Waals surface area contributed by atoms with Crippen molar-refractivity contribution in [2.24, 2.45) is 0 Å². The molecule has 2 fully saturated rings. The number of aryl methyl sites for hydroxylation is 2. The molecule has 0 saturated carbocycles. The summed E-state index contributed by atoms with van der Waals surface area (Å²) in [6.45, 7) is 19.0. The zero-order valence-corrected chi connectivity index (χ0v) is 23.5. The van der Waals surface area contributed by atoms with E-state index in [1.807, 2.05) is 45.0 Å². The maximum Gasteiger partial charge on any atom is 0.410 e. The van der Waals surface area contributed by atoms with Crippen molar-refractivity contribution in [3.63, 3.8) is 0 Å². The number of amides is 1. The molecular weight excluding hydrogens is 474 g/mol. The number of hydrogen-bond acceptors (Lipinski definition) is 6. The molecule has 0 spiro atoms. The molecular formula is C31H41N5O2. The van der Waals surface area contributed by atoms with E-state index in [-0.39, 0.29) is 6.09 Å². The van der Waals surface area contributed by atoms with Crippen molar-refractivity contribution >= 4 is 23.2 Å². The van der Waals surface area contributed by atoms with Crippen molar-refractivity contribution in [3.05, 3.63) is 65.2 Å². The predicted octanol–water partition coefficient (Wildman–Crippen LogP) is 5.78. The first-order valence-corrected chi connectivity index (χ1v) is 13.6. The molecule has 2 saturated heterocycles. The van der Waals surface area contributed by atoms with Crippen LogP contribution in [0.5, 0.6) is 0 Å². The summed E-state index contributed by atoms with van der Waals surface area (Å²) in [6, 6.07) is 15.0. The third-order valence-corrected chi connectivity index (χ3v) is 7.42. The van der Waals surface area contributed by atoms with Crippen molar-refractivity contribution in [1.82, 2.24) is 9.80 Å². The van der Waals surface area contributed by atoms with Crippen LogP contribution in [-0.2, 0) is 4.74 Å². The number of hydrogen-bond donors (Lipinski definition) is 1. The number of nitriles is 1. The maximum atomic E-state index is 12.5. The minimum absolute atomic E-state index is 0.247. The monoisotopic (exact) mass is 515 g/mol. The third-order valence-electron chi connectivity index (χ3n) is 7.42. The quantitative estimate of drug-likeness (QED) is 0.544. The Kier molecular flexibility index (Phi) is 8.20. The molecule has 7 heteroatoms. The van der Waals surface area contributed by atoms with Gasteiger partial charge in [-0.05, 0) is 76.8 Å². The Morgan fingerprint density at radius 1 is 1.00 bits per heavy atom. The highest BCUT2D eigenvalue weighted by atomic mass is 16.6. The van der Waals surface area contributed by atoms with Gasteiger partial charge in [-0.25, -0.2) is 4.79 Å². The highest BCUT2D eigenvalue weighted by Gasteiger charge is 2.27. The zero-order valence-electron chi connectivity index (χ0n) is 23.5. The second kappa shape index (κ2) is 11.4. The van der Waals surface area contributed by atoms with Crippen LogP contribution in [0.3, 0.4) is 0 Å². The van der Waals surface area contributed by atoms with E-state index in [0.717, 1.165) is 67.2 Å². The molecule has 0 aromatic heterocycles. The van der Waals surface area contributed by atoms with E-state index < -0.39 is 5.60 Å². The molecule has 2 aromatic carbocycles. The average molecular weight is 516 g/mol. The van der Waals surface area contributed by atoms with Gasteiger partial charge >= 0.3 is 6.09 Å². The van der Waals surface area contributed by atoms with Gasteiger partial charge in [0.2, 0.25) is 0 Å². The van der Waals surface area contributed by atoms with E-state index in [2.05, 4.69) is 53.7 Å². The highest BCUT2D eigenvalue weighted by molar-refractivity contribution is 5.72. The van der Waals surface area contributed by atoms with E-state index in [4.69, 9.17) is 4.74 Å². The van der Waals surface area contributed by atoms with Crippen molar-refractivity contribution in [3.8, 4) is 6.07 Å². The number of carbonyl (C=O) groups is 1. The largest absolute Gasteiger partial charge is 0.444 e. The van der Waals surface area contributed by atoms with Crippen LogP contribution in [0.4, 0.5) is 16.2 Å². The van der Waals surface area contributed by atoms with E-state index in [1.165, 1.54) is 11.1 Å². The van der Waals surface area contributed by atoms with Crippen LogP contribution in [-0.4, -0.2) is 66.8 Å². The second-order valence-corrected chi connectivity index (χ2v) is 11.4. The molecule has 4 rings (SSSR count). The molecule has 1 N–H and O–H groups in total. The first-order valence-electron chi connectivity index (χ1n) is 13.6. The summed E-state index contributed by atoms with van der Waals surface area (Å²) >= 11 is 0. The minimum atomic E-state index is -0.488. The summed E-state index contributed by atoms with van der Waals surface area (Å²) in [4.78, 5) is 18.8. The van der Waals surface area contributed by atoms with Gasteiger partial charge in [-0.15, -0.1) is 0 Å². The summed E-state index contributed by atoms with van der Waals surface area (Å²) in [5.41, 5.74) is 7.00. The summed E-state index contributed by atoms with van der Waals surface area (Å²) < 4.78 is 5.54.